The van der Waals surface area contributed by atoms with Gasteiger partial charge in [0, 0.05) is 43.4 Å². The summed E-state index contributed by atoms with van der Waals surface area (Å²) in [7, 11) is 0. The van der Waals surface area contributed by atoms with E-state index in [1.807, 2.05) is 25.1 Å². The Hall–Kier alpha value is -3.81. The molecule has 3 heterocycles. The van der Waals surface area contributed by atoms with Gasteiger partial charge in [0.1, 0.15) is 17.2 Å². The molecule has 0 unspecified atom stereocenters. The third-order valence-electron chi connectivity index (χ3n) is 6.28. The Bertz CT molecular complexity index is 1300. The molecule has 3 aromatic rings. The second-order valence-corrected chi connectivity index (χ2v) is 8.45. The highest BCUT2D eigenvalue weighted by atomic mass is 19.1. The van der Waals surface area contributed by atoms with E-state index >= 15 is 0 Å². The lowest BCUT2D eigenvalue weighted by molar-refractivity contribution is -0.117. The van der Waals surface area contributed by atoms with Gasteiger partial charge in [-0.1, -0.05) is 0 Å². The van der Waals surface area contributed by atoms with Crippen LogP contribution in [0.25, 0.3) is 5.69 Å². The number of aryl methyl sites for hydroxylation is 1. The van der Waals surface area contributed by atoms with E-state index in [1.54, 1.807) is 9.80 Å². The van der Waals surface area contributed by atoms with Crippen molar-refractivity contribution in [1.82, 2.24) is 9.78 Å². The van der Waals surface area contributed by atoms with Crippen molar-refractivity contribution in [3.63, 3.8) is 0 Å². The van der Waals surface area contributed by atoms with Crippen molar-refractivity contribution in [2.75, 3.05) is 22.9 Å². The fourth-order valence-corrected chi connectivity index (χ4v) is 4.67. The number of fused-ring (bicyclic) bond motifs is 1. The second-order valence-electron chi connectivity index (χ2n) is 8.45. The number of Topliss-reactive ketones (excluding diaryl/α,β-unsaturated/α-hetero) is 1. The molecule has 8 heteroatoms. The number of hydrogen-bond acceptors (Lipinski definition) is 4. The van der Waals surface area contributed by atoms with Crippen LogP contribution in [0.4, 0.5) is 15.8 Å². The van der Waals surface area contributed by atoms with Gasteiger partial charge in [0.2, 0.25) is 5.91 Å². The topological polar surface area (TPSA) is 75.5 Å². The molecule has 0 saturated carbocycles. The van der Waals surface area contributed by atoms with Gasteiger partial charge in [-0.05, 0) is 67.8 Å². The summed E-state index contributed by atoms with van der Waals surface area (Å²) in [5, 5.41) is 4.42. The first-order valence-corrected chi connectivity index (χ1v) is 11.0. The highest BCUT2D eigenvalue weighted by molar-refractivity contribution is 6.10. The van der Waals surface area contributed by atoms with Crippen LogP contribution in [0, 0.1) is 12.7 Å². The van der Waals surface area contributed by atoms with Gasteiger partial charge in [-0.2, -0.15) is 5.10 Å². The van der Waals surface area contributed by atoms with Crippen LogP contribution in [-0.4, -0.2) is 40.5 Å². The van der Waals surface area contributed by atoms with Crippen LogP contribution in [-0.2, 0) is 11.2 Å². The van der Waals surface area contributed by atoms with Crippen LogP contribution in [0.1, 0.15) is 51.9 Å². The number of amides is 2. The van der Waals surface area contributed by atoms with E-state index < -0.39 is 5.82 Å². The molecule has 1 fully saturated rings. The zero-order valence-corrected chi connectivity index (χ0v) is 18.5. The molecule has 1 aromatic heterocycles. The maximum Gasteiger partial charge on any atom is 0.277 e. The number of benzene rings is 2. The lowest BCUT2D eigenvalue weighted by atomic mass is 10.00. The summed E-state index contributed by atoms with van der Waals surface area (Å²) in [5.41, 5.74) is 4.17. The predicted octanol–water partition coefficient (Wildman–Crippen LogP) is 3.85. The standard InChI is InChI=1S/C25H23FN4O3/c1-15-14-19(28-12-3-4-22(28)32)9-10-21(15)29-13-11-20-23(16(2)31)27-30(24(20)25(29)33)18-7-5-17(26)6-8-18/h5-10,14H,3-4,11-13H2,1-2H3. The van der Waals surface area contributed by atoms with Gasteiger partial charge in [0.25, 0.3) is 5.91 Å². The summed E-state index contributed by atoms with van der Waals surface area (Å²) < 4.78 is 14.9. The maximum absolute atomic E-state index is 13.7. The highest BCUT2D eigenvalue weighted by Gasteiger charge is 2.35. The Morgan fingerprint density at radius 2 is 1.70 bits per heavy atom. The molecule has 7 nitrogen and oxygen atoms in total. The quantitative estimate of drug-likeness (QED) is 0.571. The largest absolute Gasteiger partial charge is 0.312 e. The average molecular weight is 446 g/mol. The second kappa shape index (κ2) is 7.95. The summed E-state index contributed by atoms with van der Waals surface area (Å²) in [6.45, 7) is 4.45. The molecular weight excluding hydrogens is 423 g/mol. The van der Waals surface area contributed by atoms with Gasteiger partial charge >= 0.3 is 0 Å². The van der Waals surface area contributed by atoms with E-state index in [0.717, 1.165) is 23.4 Å². The number of rotatable bonds is 4. The number of carbonyl (C=O) groups excluding carboxylic acids is 3. The minimum absolute atomic E-state index is 0.112. The summed E-state index contributed by atoms with van der Waals surface area (Å²) >= 11 is 0. The molecule has 2 aromatic carbocycles. The van der Waals surface area contributed by atoms with Crippen LogP contribution in [0.15, 0.2) is 42.5 Å². The summed E-state index contributed by atoms with van der Waals surface area (Å²) in [6.07, 6.45) is 1.88. The van der Waals surface area contributed by atoms with E-state index in [2.05, 4.69) is 5.10 Å². The Kier molecular flexibility index (Phi) is 5.08. The smallest absolute Gasteiger partial charge is 0.277 e. The monoisotopic (exact) mass is 446 g/mol. The molecule has 0 radical (unpaired) electrons. The molecule has 5 rings (SSSR count). The van der Waals surface area contributed by atoms with E-state index in [1.165, 1.54) is 35.9 Å². The number of anilines is 2. The Balaban J connectivity index is 1.55. The molecule has 0 aliphatic carbocycles. The zero-order chi connectivity index (χ0) is 23.3. The molecule has 168 valence electrons. The maximum atomic E-state index is 13.7. The Morgan fingerprint density at radius 3 is 2.33 bits per heavy atom. The molecule has 2 aliphatic heterocycles. The summed E-state index contributed by atoms with van der Waals surface area (Å²) in [6, 6.07) is 11.3. The van der Waals surface area contributed by atoms with E-state index in [9.17, 15) is 18.8 Å². The lowest BCUT2D eigenvalue weighted by Gasteiger charge is -2.29. The normalized spacial score (nSPS) is 15.8. The van der Waals surface area contributed by atoms with Crippen LogP contribution < -0.4 is 9.80 Å². The number of halogens is 1. The molecule has 0 spiro atoms. The van der Waals surface area contributed by atoms with Crippen molar-refractivity contribution in [3.8, 4) is 5.69 Å². The third kappa shape index (κ3) is 3.51. The minimum Gasteiger partial charge on any atom is -0.312 e. The van der Waals surface area contributed by atoms with Crippen LogP contribution in [0.5, 0.6) is 0 Å². The van der Waals surface area contributed by atoms with Gasteiger partial charge in [-0.3, -0.25) is 14.4 Å². The van der Waals surface area contributed by atoms with Crippen molar-refractivity contribution in [1.29, 1.82) is 0 Å². The summed E-state index contributed by atoms with van der Waals surface area (Å²) in [5.74, 6) is -0.773. The first kappa shape index (κ1) is 21.1. The Morgan fingerprint density at radius 1 is 0.970 bits per heavy atom. The molecular formula is C25H23FN4O3. The van der Waals surface area contributed by atoms with Crippen molar-refractivity contribution in [2.24, 2.45) is 0 Å². The van der Waals surface area contributed by atoms with Crippen LogP contribution in [0.3, 0.4) is 0 Å². The van der Waals surface area contributed by atoms with Gasteiger partial charge in [0.15, 0.2) is 5.78 Å². The van der Waals surface area contributed by atoms with Crippen molar-refractivity contribution in [3.05, 3.63) is 70.8 Å². The van der Waals surface area contributed by atoms with Crippen LogP contribution in [0.2, 0.25) is 0 Å². The van der Waals surface area contributed by atoms with Gasteiger partial charge in [-0.15, -0.1) is 0 Å². The molecule has 0 bridgehead atoms. The predicted molar refractivity (Wildman–Crippen MR) is 122 cm³/mol. The average Bonchev–Trinajstić information content (AvgIpc) is 3.39. The lowest BCUT2D eigenvalue weighted by Crippen LogP contribution is -2.39. The summed E-state index contributed by atoms with van der Waals surface area (Å²) in [4.78, 5) is 41.5. The van der Waals surface area contributed by atoms with E-state index in [-0.39, 0.29) is 23.3 Å². The molecule has 2 aliphatic rings. The molecule has 33 heavy (non-hydrogen) atoms. The van der Waals surface area contributed by atoms with Gasteiger partial charge in [-0.25, -0.2) is 9.07 Å². The van der Waals surface area contributed by atoms with Crippen molar-refractivity contribution < 1.29 is 18.8 Å². The number of ketones is 1. The SMILES string of the molecule is CC(=O)c1nn(-c2ccc(F)cc2)c2c1CCN(c1ccc(N3CCCC3=O)cc1C)C2=O. The first-order valence-electron chi connectivity index (χ1n) is 11.0. The van der Waals surface area contributed by atoms with Crippen molar-refractivity contribution in [2.45, 2.75) is 33.1 Å². The van der Waals surface area contributed by atoms with Gasteiger partial charge < -0.3 is 9.80 Å². The van der Waals surface area contributed by atoms with Gasteiger partial charge in [0.05, 0.1) is 5.69 Å². The van der Waals surface area contributed by atoms with Crippen molar-refractivity contribution >= 4 is 29.0 Å². The molecule has 0 atom stereocenters. The Labute approximate surface area is 190 Å². The zero-order valence-electron chi connectivity index (χ0n) is 18.5. The fraction of sp³-hybridized carbons (Fsp3) is 0.280. The first-order chi connectivity index (χ1) is 15.8. The third-order valence-corrected chi connectivity index (χ3v) is 6.28. The number of hydrogen-bond donors (Lipinski definition) is 0. The molecule has 2 amide bonds. The fourth-order valence-electron chi connectivity index (χ4n) is 4.67. The molecule has 0 N–H and O–H groups in total. The molecule has 1 saturated heterocycles. The number of nitrogens with zero attached hydrogens (tertiary/aromatic N) is 4. The van der Waals surface area contributed by atoms with E-state index in [4.69, 9.17) is 0 Å². The highest BCUT2D eigenvalue weighted by Crippen LogP contribution is 2.33. The number of aromatic nitrogens is 2. The minimum atomic E-state index is -0.397. The van der Waals surface area contributed by atoms with Crippen LogP contribution >= 0.6 is 0 Å². The number of carbonyl (C=O) groups is 3. The van der Waals surface area contributed by atoms with E-state index in [0.29, 0.717) is 42.9 Å².